The average Bonchev–Trinajstić information content (AvgIpc) is 3.12. The second kappa shape index (κ2) is 12.1. The molecule has 29 heavy (non-hydrogen) atoms. The lowest BCUT2D eigenvalue weighted by Crippen LogP contribution is -2.38. The Hall–Kier alpha value is -1.65. The molecule has 0 fully saturated rings. The smallest absolute Gasteiger partial charge is 0.190 e. The SMILES string of the molecule is CN=C(NCCCc1nnc2n1CCCCC2)NCCCn1nc(C)cc1C.I. The number of rotatable bonds is 8. The van der Waals surface area contributed by atoms with Crippen molar-refractivity contribution < 1.29 is 0 Å². The quantitative estimate of drug-likeness (QED) is 0.245. The number of aliphatic imine (C=N–C) groups is 1. The second-order valence-corrected chi connectivity index (χ2v) is 7.53. The Bertz CT molecular complexity index is 780. The third kappa shape index (κ3) is 6.97. The minimum absolute atomic E-state index is 0. The molecule has 3 heterocycles. The van der Waals surface area contributed by atoms with Gasteiger partial charge in [-0.05, 0) is 45.6 Å². The van der Waals surface area contributed by atoms with E-state index in [0.29, 0.717) is 0 Å². The van der Waals surface area contributed by atoms with Gasteiger partial charge in [0, 0.05) is 51.8 Å². The monoisotopic (exact) mass is 514 g/mol. The van der Waals surface area contributed by atoms with Crippen LogP contribution in [0.2, 0.25) is 0 Å². The van der Waals surface area contributed by atoms with Crippen molar-refractivity contribution in [2.75, 3.05) is 20.1 Å². The van der Waals surface area contributed by atoms with Crippen molar-refractivity contribution in [3.05, 3.63) is 29.1 Å². The Kier molecular flexibility index (Phi) is 9.89. The van der Waals surface area contributed by atoms with Gasteiger partial charge in [0.25, 0.3) is 0 Å². The van der Waals surface area contributed by atoms with E-state index in [-0.39, 0.29) is 24.0 Å². The van der Waals surface area contributed by atoms with Gasteiger partial charge in [-0.1, -0.05) is 6.42 Å². The molecule has 0 bridgehead atoms. The zero-order valence-electron chi connectivity index (χ0n) is 17.9. The molecule has 1 aliphatic rings. The van der Waals surface area contributed by atoms with Crippen LogP contribution in [0.15, 0.2) is 11.1 Å². The summed E-state index contributed by atoms with van der Waals surface area (Å²) in [6, 6.07) is 2.11. The summed E-state index contributed by atoms with van der Waals surface area (Å²) >= 11 is 0. The minimum Gasteiger partial charge on any atom is -0.356 e. The Morgan fingerprint density at radius 1 is 1.10 bits per heavy atom. The third-order valence-corrected chi connectivity index (χ3v) is 5.22. The van der Waals surface area contributed by atoms with Gasteiger partial charge in [0.2, 0.25) is 0 Å². The molecular weight excluding hydrogens is 479 g/mol. The first-order chi connectivity index (χ1) is 13.7. The Morgan fingerprint density at radius 3 is 2.62 bits per heavy atom. The first-order valence-electron chi connectivity index (χ1n) is 10.5. The molecular formula is C20H35IN8. The Balaban J connectivity index is 0.00000300. The van der Waals surface area contributed by atoms with Crippen molar-refractivity contribution >= 4 is 29.9 Å². The molecule has 2 aromatic heterocycles. The summed E-state index contributed by atoms with van der Waals surface area (Å²) in [5.41, 5.74) is 2.29. The van der Waals surface area contributed by atoms with Crippen LogP contribution in [0.5, 0.6) is 0 Å². The third-order valence-electron chi connectivity index (χ3n) is 5.22. The molecule has 0 aromatic carbocycles. The molecule has 0 saturated heterocycles. The van der Waals surface area contributed by atoms with Crippen molar-refractivity contribution in [2.24, 2.45) is 4.99 Å². The van der Waals surface area contributed by atoms with Crippen LogP contribution < -0.4 is 10.6 Å². The zero-order chi connectivity index (χ0) is 19.8. The van der Waals surface area contributed by atoms with E-state index in [1.807, 2.05) is 14.0 Å². The minimum atomic E-state index is 0. The molecule has 162 valence electrons. The number of nitrogens with zero attached hydrogens (tertiary/aromatic N) is 6. The number of hydrogen-bond acceptors (Lipinski definition) is 4. The van der Waals surface area contributed by atoms with E-state index in [2.05, 4.69) is 53.2 Å². The number of aryl methyl sites for hydroxylation is 5. The van der Waals surface area contributed by atoms with Crippen LogP contribution in [0, 0.1) is 13.8 Å². The molecule has 9 heteroatoms. The molecule has 0 radical (unpaired) electrons. The standard InChI is InChI=1S/C20H34N8.HI/c1-16-15-17(2)28(26-16)14-8-12-23-20(21-3)22-11-7-10-19-25-24-18-9-5-4-6-13-27(18)19;/h15H,4-14H2,1-3H3,(H2,21,22,23);1H. The first-order valence-corrected chi connectivity index (χ1v) is 10.5. The van der Waals surface area contributed by atoms with Crippen LogP contribution in [0.4, 0.5) is 0 Å². The van der Waals surface area contributed by atoms with Crippen LogP contribution >= 0.6 is 24.0 Å². The molecule has 2 N–H and O–H groups in total. The summed E-state index contributed by atoms with van der Waals surface area (Å²) in [6.07, 6.45) is 7.82. The summed E-state index contributed by atoms with van der Waals surface area (Å²) in [4.78, 5) is 4.31. The number of aromatic nitrogens is 5. The van der Waals surface area contributed by atoms with Gasteiger partial charge in [-0.3, -0.25) is 9.67 Å². The molecule has 0 amide bonds. The summed E-state index contributed by atoms with van der Waals surface area (Å²) < 4.78 is 4.40. The average molecular weight is 514 g/mol. The molecule has 3 rings (SSSR count). The number of hydrogen-bond donors (Lipinski definition) is 2. The van der Waals surface area contributed by atoms with Gasteiger partial charge in [0.1, 0.15) is 11.6 Å². The van der Waals surface area contributed by atoms with Gasteiger partial charge < -0.3 is 15.2 Å². The lowest BCUT2D eigenvalue weighted by Gasteiger charge is -2.12. The summed E-state index contributed by atoms with van der Waals surface area (Å²) in [5.74, 6) is 3.15. The second-order valence-electron chi connectivity index (χ2n) is 7.53. The lowest BCUT2D eigenvalue weighted by molar-refractivity contribution is 0.554. The fraction of sp³-hybridized carbons (Fsp3) is 0.700. The molecule has 0 aliphatic carbocycles. The maximum atomic E-state index is 4.50. The van der Waals surface area contributed by atoms with E-state index in [9.17, 15) is 0 Å². The van der Waals surface area contributed by atoms with E-state index in [0.717, 1.165) is 69.3 Å². The molecule has 0 atom stereocenters. The maximum Gasteiger partial charge on any atom is 0.190 e. The molecule has 2 aromatic rings. The fourth-order valence-electron chi connectivity index (χ4n) is 3.74. The van der Waals surface area contributed by atoms with Crippen LogP contribution in [-0.4, -0.2) is 50.6 Å². The van der Waals surface area contributed by atoms with Gasteiger partial charge in [-0.2, -0.15) is 5.10 Å². The van der Waals surface area contributed by atoms with Crippen LogP contribution in [0.1, 0.15) is 55.1 Å². The molecule has 8 nitrogen and oxygen atoms in total. The van der Waals surface area contributed by atoms with E-state index < -0.39 is 0 Å². The highest BCUT2D eigenvalue weighted by molar-refractivity contribution is 14.0. The van der Waals surface area contributed by atoms with Crippen molar-refractivity contribution in [3.8, 4) is 0 Å². The Morgan fingerprint density at radius 2 is 1.90 bits per heavy atom. The highest BCUT2D eigenvalue weighted by Gasteiger charge is 2.14. The van der Waals surface area contributed by atoms with Gasteiger partial charge in [-0.25, -0.2) is 0 Å². The van der Waals surface area contributed by atoms with Crippen LogP contribution in [-0.2, 0) is 25.9 Å². The molecule has 0 unspecified atom stereocenters. The van der Waals surface area contributed by atoms with E-state index in [1.165, 1.54) is 30.8 Å². The number of nitrogens with one attached hydrogen (secondary N) is 2. The molecule has 1 aliphatic heterocycles. The first kappa shape index (κ1) is 23.6. The zero-order valence-corrected chi connectivity index (χ0v) is 20.3. The van der Waals surface area contributed by atoms with Gasteiger partial charge >= 0.3 is 0 Å². The molecule has 0 spiro atoms. The number of fused-ring (bicyclic) bond motifs is 1. The van der Waals surface area contributed by atoms with Crippen LogP contribution in [0.3, 0.4) is 0 Å². The predicted molar refractivity (Wildman–Crippen MR) is 127 cm³/mol. The highest BCUT2D eigenvalue weighted by atomic mass is 127. The highest BCUT2D eigenvalue weighted by Crippen LogP contribution is 2.15. The normalized spacial score (nSPS) is 14.1. The number of halogens is 1. The van der Waals surface area contributed by atoms with Gasteiger partial charge in [0.05, 0.1) is 5.69 Å². The van der Waals surface area contributed by atoms with Crippen LogP contribution in [0.25, 0.3) is 0 Å². The summed E-state index contributed by atoms with van der Waals surface area (Å²) in [7, 11) is 1.81. The summed E-state index contributed by atoms with van der Waals surface area (Å²) in [6.45, 7) is 7.87. The van der Waals surface area contributed by atoms with Crippen molar-refractivity contribution in [1.29, 1.82) is 0 Å². The van der Waals surface area contributed by atoms with E-state index >= 15 is 0 Å². The molecule has 0 saturated carbocycles. The van der Waals surface area contributed by atoms with Gasteiger partial charge in [-0.15, -0.1) is 34.2 Å². The Labute approximate surface area is 191 Å². The topological polar surface area (TPSA) is 85.0 Å². The summed E-state index contributed by atoms with van der Waals surface area (Å²) in [5, 5.41) is 20.1. The van der Waals surface area contributed by atoms with E-state index in [1.54, 1.807) is 0 Å². The largest absolute Gasteiger partial charge is 0.356 e. The predicted octanol–water partition coefficient (Wildman–Crippen LogP) is 2.62. The van der Waals surface area contributed by atoms with Crippen molar-refractivity contribution in [3.63, 3.8) is 0 Å². The van der Waals surface area contributed by atoms with Crippen molar-refractivity contribution in [1.82, 2.24) is 35.2 Å². The lowest BCUT2D eigenvalue weighted by atomic mass is 10.2. The van der Waals surface area contributed by atoms with Crippen molar-refractivity contribution in [2.45, 2.75) is 71.9 Å². The number of guanidine groups is 1. The van der Waals surface area contributed by atoms with E-state index in [4.69, 9.17) is 0 Å². The fourth-order valence-corrected chi connectivity index (χ4v) is 3.74. The van der Waals surface area contributed by atoms with Gasteiger partial charge in [0.15, 0.2) is 5.96 Å². The maximum absolute atomic E-state index is 4.50.